The summed E-state index contributed by atoms with van der Waals surface area (Å²) in [5.41, 5.74) is 2.82. The molecule has 1 aliphatic heterocycles. The predicted molar refractivity (Wildman–Crippen MR) is 86.3 cm³/mol. The zero-order chi connectivity index (χ0) is 15.7. The van der Waals surface area contributed by atoms with E-state index in [4.69, 9.17) is 0 Å². The van der Waals surface area contributed by atoms with Crippen LogP contribution in [0.25, 0.3) is 0 Å². The smallest absolute Gasteiger partial charge is 0.264 e. The van der Waals surface area contributed by atoms with Crippen molar-refractivity contribution in [3.63, 3.8) is 0 Å². The summed E-state index contributed by atoms with van der Waals surface area (Å²) in [6.07, 6.45) is 4.08. The molecule has 22 heavy (non-hydrogen) atoms. The van der Waals surface area contributed by atoms with E-state index in [0.717, 1.165) is 23.4 Å². The maximum atomic E-state index is 12.8. The molecule has 0 radical (unpaired) electrons. The first-order chi connectivity index (χ1) is 10.5. The van der Waals surface area contributed by atoms with Crippen molar-refractivity contribution in [3.8, 4) is 0 Å². The van der Waals surface area contributed by atoms with Gasteiger partial charge < -0.3 is 4.90 Å². The fourth-order valence-electron chi connectivity index (χ4n) is 2.71. The molecule has 3 rings (SSSR count). The molecular formula is C16H19N3O2S. The van der Waals surface area contributed by atoms with E-state index in [-0.39, 0.29) is 0 Å². The zero-order valence-electron chi connectivity index (χ0n) is 12.7. The summed E-state index contributed by atoms with van der Waals surface area (Å²) >= 11 is 0. The van der Waals surface area contributed by atoms with Crippen molar-refractivity contribution in [2.45, 2.75) is 17.9 Å². The van der Waals surface area contributed by atoms with Crippen LogP contribution in [0.1, 0.15) is 11.1 Å². The molecular weight excluding hydrogens is 298 g/mol. The Balaban J connectivity index is 1.91. The summed E-state index contributed by atoms with van der Waals surface area (Å²) in [6, 6.07) is 8.88. The van der Waals surface area contributed by atoms with Crippen LogP contribution in [0.2, 0.25) is 0 Å². The van der Waals surface area contributed by atoms with Gasteiger partial charge in [0.15, 0.2) is 0 Å². The summed E-state index contributed by atoms with van der Waals surface area (Å²) in [4.78, 5) is 6.44. The van der Waals surface area contributed by atoms with E-state index in [1.807, 2.05) is 31.1 Å². The number of benzene rings is 1. The van der Waals surface area contributed by atoms with E-state index >= 15 is 0 Å². The molecule has 0 bridgehead atoms. The lowest BCUT2D eigenvalue weighted by Crippen LogP contribution is -2.29. The van der Waals surface area contributed by atoms with Gasteiger partial charge in [0.25, 0.3) is 10.0 Å². The van der Waals surface area contributed by atoms with Crippen LogP contribution >= 0.6 is 0 Å². The highest BCUT2D eigenvalue weighted by molar-refractivity contribution is 7.92. The summed E-state index contributed by atoms with van der Waals surface area (Å²) in [5, 5.41) is 0. The van der Waals surface area contributed by atoms with Crippen LogP contribution in [0.3, 0.4) is 0 Å². The number of sulfonamides is 1. The van der Waals surface area contributed by atoms with E-state index in [0.29, 0.717) is 17.9 Å². The highest BCUT2D eigenvalue weighted by Crippen LogP contribution is 2.32. The Morgan fingerprint density at radius 3 is 2.59 bits per heavy atom. The quantitative estimate of drug-likeness (QED) is 0.864. The van der Waals surface area contributed by atoms with Gasteiger partial charge in [-0.2, -0.15) is 0 Å². The molecule has 0 spiro atoms. The van der Waals surface area contributed by atoms with Gasteiger partial charge in [0.1, 0.15) is 0 Å². The van der Waals surface area contributed by atoms with Gasteiger partial charge >= 0.3 is 0 Å². The van der Waals surface area contributed by atoms with E-state index in [9.17, 15) is 8.42 Å². The predicted octanol–water partition coefficient (Wildman–Crippen LogP) is 1.89. The number of rotatable bonds is 4. The monoisotopic (exact) mass is 317 g/mol. The van der Waals surface area contributed by atoms with Crippen molar-refractivity contribution in [1.29, 1.82) is 0 Å². The van der Waals surface area contributed by atoms with E-state index in [1.54, 1.807) is 30.6 Å². The molecule has 0 aliphatic carbocycles. The van der Waals surface area contributed by atoms with Crippen LogP contribution in [0.15, 0.2) is 47.6 Å². The molecule has 2 heterocycles. The van der Waals surface area contributed by atoms with Gasteiger partial charge in [-0.05, 0) is 49.8 Å². The normalized spacial score (nSPS) is 14.4. The Morgan fingerprint density at radius 1 is 1.18 bits per heavy atom. The Kier molecular flexibility index (Phi) is 3.88. The molecule has 0 saturated carbocycles. The Morgan fingerprint density at radius 2 is 1.91 bits per heavy atom. The van der Waals surface area contributed by atoms with Crippen LogP contribution in [-0.4, -0.2) is 38.9 Å². The fourth-order valence-corrected chi connectivity index (χ4v) is 4.21. The lowest BCUT2D eigenvalue weighted by atomic mass is 10.2. The summed E-state index contributed by atoms with van der Waals surface area (Å²) in [6.45, 7) is 1.27. The van der Waals surface area contributed by atoms with Gasteiger partial charge in [-0.1, -0.05) is 12.1 Å². The zero-order valence-corrected chi connectivity index (χ0v) is 13.5. The molecule has 0 unspecified atom stereocenters. The van der Waals surface area contributed by atoms with Gasteiger partial charge in [-0.15, -0.1) is 0 Å². The molecule has 0 amide bonds. The number of hydrogen-bond acceptors (Lipinski definition) is 4. The number of aromatic nitrogens is 1. The van der Waals surface area contributed by atoms with Gasteiger partial charge in [0.05, 0.1) is 10.6 Å². The van der Waals surface area contributed by atoms with Crippen molar-refractivity contribution in [3.05, 3.63) is 53.9 Å². The Bertz CT molecular complexity index is 770. The first-order valence-electron chi connectivity index (χ1n) is 7.18. The summed E-state index contributed by atoms with van der Waals surface area (Å²) < 4.78 is 27.1. The molecule has 116 valence electrons. The van der Waals surface area contributed by atoms with E-state index < -0.39 is 10.0 Å². The highest BCUT2D eigenvalue weighted by Gasteiger charge is 2.30. The van der Waals surface area contributed by atoms with Crippen molar-refractivity contribution >= 4 is 15.7 Å². The van der Waals surface area contributed by atoms with Crippen molar-refractivity contribution < 1.29 is 8.42 Å². The second-order valence-electron chi connectivity index (χ2n) is 5.71. The lowest BCUT2D eigenvalue weighted by molar-refractivity contribution is 0.402. The average Bonchev–Trinajstić information content (AvgIpc) is 2.92. The first kappa shape index (κ1) is 15.0. The van der Waals surface area contributed by atoms with Crippen LogP contribution in [0, 0.1) is 0 Å². The van der Waals surface area contributed by atoms with Crippen LogP contribution in [-0.2, 0) is 23.0 Å². The van der Waals surface area contributed by atoms with E-state index in [1.165, 1.54) is 4.31 Å². The Labute approximate surface area is 131 Å². The van der Waals surface area contributed by atoms with Crippen molar-refractivity contribution in [2.24, 2.45) is 0 Å². The highest BCUT2D eigenvalue weighted by atomic mass is 32.2. The summed E-state index contributed by atoms with van der Waals surface area (Å²) in [7, 11) is 0.467. The lowest BCUT2D eigenvalue weighted by Gasteiger charge is -2.19. The van der Waals surface area contributed by atoms with Crippen molar-refractivity contribution in [1.82, 2.24) is 9.88 Å². The molecule has 2 aromatic rings. The average molecular weight is 317 g/mol. The second kappa shape index (κ2) is 5.70. The maximum Gasteiger partial charge on any atom is 0.264 e. The number of anilines is 1. The minimum absolute atomic E-state index is 0.333. The minimum Gasteiger partial charge on any atom is -0.305 e. The summed E-state index contributed by atoms with van der Waals surface area (Å²) in [5.74, 6) is 0. The van der Waals surface area contributed by atoms with Gasteiger partial charge in [0, 0.05) is 25.5 Å². The first-order valence-corrected chi connectivity index (χ1v) is 8.62. The van der Waals surface area contributed by atoms with Crippen molar-refractivity contribution in [2.75, 3.05) is 24.9 Å². The number of nitrogens with zero attached hydrogens (tertiary/aromatic N) is 3. The third-order valence-corrected chi connectivity index (χ3v) is 5.57. The molecule has 5 nitrogen and oxygen atoms in total. The van der Waals surface area contributed by atoms with Gasteiger partial charge in [0.2, 0.25) is 0 Å². The van der Waals surface area contributed by atoms with Gasteiger partial charge in [-0.3, -0.25) is 9.29 Å². The van der Waals surface area contributed by atoms with Crippen LogP contribution < -0.4 is 4.31 Å². The maximum absolute atomic E-state index is 12.8. The Hall–Kier alpha value is -1.92. The molecule has 1 aromatic heterocycles. The van der Waals surface area contributed by atoms with Gasteiger partial charge in [-0.25, -0.2) is 8.42 Å². The molecule has 1 aromatic carbocycles. The van der Waals surface area contributed by atoms with Crippen LogP contribution in [0.5, 0.6) is 0 Å². The fraction of sp³-hybridized carbons (Fsp3) is 0.312. The van der Waals surface area contributed by atoms with Crippen LogP contribution in [0.4, 0.5) is 5.69 Å². The third kappa shape index (κ3) is 2.71. The second-order valence-corrected chi connectivity index (χ2v) is 7.58. The molecule has 0 atom stereocenters. The number of fused-ring (bicyclic) bond motifs is 1. The standard InChI is InChI=1S/C16H19N3O2S/c1-18(2)12-13-3-5-15(6-4-13)22(20,21)19-10-8-14-11-17-9-7-16(14)19/h3-7,9,11H,8,10,12H2,1-2H3. The molecule has 0 saturated heterocycles. The number of hydrogen-bond donors (Lipinski definition) is 0. The van der Waals surface area contributed by atoms with E-state index in [2.05, 4.69) is 4.98 Å². The topological polar surface area (TPSA) is 53.5 Å². The SMILES string of the molecule is CN(C)Cc1ccc(S(=O)(=O)N2CCc3cnccc32)cc1. The minimum atomic E-state index is -3.51. The molecule has 0 N–H and O–H groups in total. The largest absolute Gasteiger partial charge is 0.305 e. The number of pyridine rings is 1. The molecule has 6 heteroatoms. The molecule has 1 aliphatic rings. The third-order valence-electron chi connectivity index (χ3n) is 3.74. The molecule has 0 fully saturated rings.